The molecule has 0 unspecified atom stereocenters. The standard InChI is InChI=1S/C23H26N4O/c24-22-7-4-14-25-23(22)26-19-8-10-20(11-9-19)28-21-12-15-27(16-13-21)17-18-5-2-1-3-6-18/h1-11,14,21H,12-13,15-17,24H2,(H,25,26). The Hall–Kier alpha value is -3.05. The fourth-order valence-electron chi connectivity index (χ4n) is 3.50. The third kappa shape index (κ3) is 4.81. The molecule has 0 aliphatic carbocycles. The lowest BCUT2D eigenvalue weighted by Gasteiger charge is -2.32. The number of nitrogens with zero attached hydrogens (tertiary/aromatic N) is 2. The number of ether oxygens (including phenoxy) is 1. The van der Waals surface area contributed by atoms with Crippen LogP contribution in [-0.4, -0.2) is 29.1 Å². The van der Waals surface area contributed by atoms with Gasteiger partial charge in [-0.25, -0.2) is 4.98 Å². The molecule has 1 fully saturated rings. The number of nitrogens with two attached hydrogens (primary N) is 1. The molecule has 1 aliphatic heterocycles. The molecule has 5 nitrogen and oxygen atoms in total. The van der Waals surface area contributed by atoms with Gasteiger partial charge in [0, 0.05) is 31.5 Å². The van der Waals surface area contributed by atoms with Crippen LogP contribution in [0.4, 0.5) is 17.2 Å². The number of nitrogen functional groups attached to an aromatic ring is 1. The van der Waals surface area contributed by atoms with E-state index in [0.717, 1.165) is 43.9 Å². The van der Waals surface area contributed by atoms with E-state index in [9.17, 15) is 0 Å². The summed E-state index contributed by atoms with van der Waals surface area (Å²) in [5, 5.41) is 3.23. The molecular formula is C23H26N4O. The quantitative estimate of drug-likeness (QED) is 0.667. The number of nitrogens with one attached hydrogen (secondary N) is 1. The van der Waals surface area contributed by atoms with E-state index in [0.29, 0.717) is 11.5 Å². The Kier molecular flexibility index (Phi) is 5.73. The van der Waals surface area contributed by atoms with Gasteiger partial charge in [-0.3, -0.25) is 4.90 Å². The van der Waals surface area contributed by atoms with Gasteiger partial charge in [0.15, 0.2) is 5.82 Å². The van der Waals surface area contributed by atoms with Gasteiger partial charge in [-0.2, -0.15) is 0 Å². The Labute approximate surface area is 166 Å². The molecular weight excluding hydrogens is 348 g/mol. The number of likely N-dealkylation sites (tertiary alicyclic amines) is 1. The van der Waals surface area contributed by atoms with E-state index >= 15 is 0 Å². The van der Waals surface area contributed by atoms with Gasteiger partial charge >= 0.3 is 0 Å². The number of piperidine rings is 1. The van der Waals surface area contributed by atoms with Crippen LogP contribution in [0.1, 0.15) is 18.4 Å². The van der Waals surface area contributed by atoms with E-state index < -0.39 is 0 Å². The van der Waals surface area contributed by atoms with Crippen LogP contribution in [0.5, 0.6) is 5.75 Å². The molecule has 5 heteroatoms. The molecule has 2 aromatic carbocycles. The average Bonchev–Trinajstić information content (AvgIpc) is 2.73. The molecule has 4 rings (SSSR count). The SMILES string of the molecule is Nc1cccnc1Nc1ccc(OC2CCN(Cc3ccccc3)CC2)cc1. The highest BCUT2D eigenvalue weighted by Gasteiger charge is 2.20. The minimum Gasteiger partial charge on any atom is -0.490 e. The molecule has 2 heterocycles. The van der Waals surface area contributed by atoms with Crippen LogP contribution in [0, 0.1) is 0 Å². The molecule has 1 aliphatic rings. The third-order valence-electron chi connectivity index (χ3n) is 5.04. The first kappa shape index (κ1) is 18.3. The lowest BCUT2D eigenvalue weighted by atomic mass is 10.1. The number of pyridine rings is 1. The maximum absolute atomic E-state index is 6.19. The lowest BCUT2D eigenvalue weighted by Crippen LogP contribution is -2.37. The summed E-state index contributed by atoms with van der Waals surface area (Å²) in [4.78, 5) is 6.75. The van der Waals surface area contributed by atoms with Crippen molar-refractivity contribution in [3.8, 4) is 5.75 Å². The summed E-state index contributed by atoms with van der Waals surface area (Å²) in [5.41, 5.74) is 8.87. The predicted molar refractivity (Wildman–Crippen MR) is 114 cm³/mol. The minimum absolute atomic E-state index is 0.275. The van der Waals surface area contributed by atoms with E-state index in [1.165, 1.54) is 5.56 Å². The minimum atomic E-state index is 0.275. The summed E-state index contributed by atoms with van der Waals surface area (Å²) in [6.45, 7) is 3.15. The number of hydrogen-bond acceptors (Lipinski definition) is 5. The third-order valence-corrected chi connectivity index (χ3v) is 5.04. The summed E-state index contributed by atoms with van der Waals surface area (Å²) in [6, 6.07) is 22.3. The summed E-state index contributed by atoms with van der Waals surface area (Å²) in [5.74, 6) is 1.57. The van der Waals surface area contributed by atoms with Crippen molar-refractivity contribution in [1.29, 1.82) is 0 Å². The maximum Gasteiger partial charge on any atom is 0.153 e. The van der Waals surface area contributed by atoms with Gasteiger partial charge in [0.2, 0.25) is 0 Å². The second kappa shape index (κ2) is 8.76. The Balaban J connectivity index is 1.27. The van der Waals surface area contributed by atoms with Crippen LogP contribution in [0.2, 0.25) is 0 Å². The van der Waals surface area contributed by atoms with Crippen molar-refractivity contribution in [1.82, 2.24) is 9.88 Å². The molecule has 1 saturated heterocycles. The van der Waals surface area contributed by atoms with Gasteiger partial charge in [0.25, 0.3) is 0 Å². The van der Waals surface area contributed by atoms with E-state index in [4.69, 9.17) is 10.5 Å². The second-order valence-corrected chi connectivity index (χ2v) is 7.17. The summed E-state index contributed by atoms with van der Waals surface area (Å²) < 4.78 is 6.19. The highest BCUT2D eigenvalue weighted by molar-refractivity contribution is 5.68. The van der Waals surface area contributed by atoms with E-state index in [2.05, 4.69) is 45.5 Å². The van der Waals surface area contributed by atoms with Crippen LogP contribution >= 0.6 is 0 Å². The summed E-state index contributed by atoms with van der Waals surface area (Å²) in [7, 11) is 0. The number of rotatable bonds is 6. The van der Waals surface area contributed by atoms with Gasteiger partial charge in [0.05, 0.1) is 5.69 Å². The van der Waals surface area contributed by atoms with Gasteiger partial charge in [0.1, 0.15) is 11.9 Å². The van der Waals surface area contributed by atoms with Crippen LogP contribution in [-0.2, 0) is 6.54 Å². The van der Waals surface area contributed by atoms with Gasteiger partial charge < -0.3 is 15.8 Å². The Morgan fingerprint density at radius 2 is 1.71 bits per heavy atom. The predicted octanol–water partition coefficient (Wildman–Crippen LogP) is 4.45. The lowest BCUT2D eigenvalue weighted by molar-refractivity contribution is 0.0968. The van der Waals surface area contributed by atoms with Gasteiger partial charge in [-0.1, -0.05) is 30.3 Å². The van der Waals surface area contributed by atoms with Gasteiger partial charge in [-0.15, -0.1) is 0 Å². The largest absolute Gasteiger partial charge is 0.490 e. The molecule has 0 bridgehead atoms. The Bertz CT molecular complexity index is 875. The molecule has 0 atom stereocenters. The highest BCUT2D eigenvalue weighted by Crippen LogP contribution is 2.24. The van der Waals surface area contributed by atoms with Crippen molar-refractivity contribution in [3.05, 3.63) is 78.5 Å². The molecule has 1 aromatic heterocycles. The first-order valence-corrected chi connectivity index (χ1v) is 9.77. The number of benzene rings is 2. The zero-order chi connectivity index (χ0) is 19.2. The molecule has 3 N–H and O–H groups in total. The highest BCUT2D eigenvalue weighted by atomic mass is 16.5. The van der Waals surface area contributed by atoms with Crippen molar-refractivity contribution >= 4 is 17.2 Å². The average molecular weight is 374 g/mol. The Morgan fingerprint density at radius 1 is 0.964 bits per heavy atom. The molecule has 28 heavy (non-hydrogen) atoms. The fraction of sp³-hybridized carbons (Fsp3) is 0.261. The fourth-order valence-corrected chi connectivity index (χ4v) is 3.50. The van der Waals surface area contributed by atoms with Gasteiger partial charge in [-0.05, 0) is 54.8 Å². The van der Waals surface area contributed by atoms with Crippen LogP contribution in [0.25, 0.3) is 0 Å². The van der Waals surface area contributed by atoms with Crippen molar-refractivity contribution in [2.75, 3.05) is 24.1 Å². The molecule has 3 aromatic rings. The monoisotopic (exact) mass is 374 g/mol. The van der Waals surface area contributed by atoms with E-state index in [-0.39, 0.29) is 6.10 Å². The molecule has 0 amide bonds. The summed E-state index contributed by atoms with van der Waals surface area (Å²) in [6.07, 6.45) is 4.10. The maximum atomic E-state index is 6.19. The number of hydrogen-bond donors (Lipinski definition) is 2. The zero-order valence-corrected chi connectivity index (χ0v) is 15.9. The molecule has 0 radical (unpaired) electrons. The van der Waals surface area contributed by atoms with Crippen LogP contribution in [0.15, 0.2) is 72.9 Å². The van der Waals surface area contributed by atoms with Crippen molar-refractivity contribution in [2.45, 2.75) is 25.5 Å². The number of aromatic nitrogens is 1. The topological polar surface area (TPSA) is 63.4 Å². The molecule has 144 valence electrons. The smallest absolute Gasteiger partial charge is 0.153 e. The second-order valence-electron chi connectivity index (χ2n) is 7.17. The number of anilines is 3. The van der Waals surface area contributed by atoms with Crippen LogP contribution < -0.4 is 15.8 Å². The van der Waals surface area contributed by atoms with Crippen molar-refractivity contribution in [3.63, 3.8) is 0 Å². The first-order valence-electron chi connectivity index (χ1n) is 9.77. The summed E-state index contributed by atoms with van der Waals surface area (Å²) >= 11 is 0. The normalized spacial score (nSPS) is 15.3. The van der Waals surface area contributed by atoms with Crippen LogP contribution in [0.3, 0.4) is 0 Å². The zero-order valence-electron chi connectivity index (χ0n) is 15.9. The molecule has 0 spiro atoms. The van der Waals surface area contributed by atoms with E-state index in [1.54, 1.807) is 6.20 Å². The van der Waals surface area contributed by atoms with Crippen molar-refractivity contribution < 1.29 is 4.74 Å². The first-order chi connectivity index (χ1) is 13.8. The Morgan fingerprint density at radius 3 is 2.43 bits per heavy atom. The van der Waals surface area contributed by atoms with Crippen molar-refractivity contribution in [2.24, 2.45) is 0 Å². The van der Waals surface area contributed by atoms with E-state index in [1.807, 2.05) is 36.4 Å². The molecule has 0 saturated carbocycles.